The van der Waals surface area contributed by atoms with Gasteiger partial charge in [-0.3, -0.25) is 4.79 Å². The molecule has 112 valence electrons. The van der Waals surface area contributed by atoms with Gasteiger partial charge in [0, 0.05) is 26.9 Å². The van der Waals surface area contributed by atoms with Gasteiger partial charge in [0.05, 0.1) is 31.8 Å². The van der Waals surface area contributed by atoms with Crippen LogP contribution in [0, 0.1) is 5.41 Å². The predicted molar refractivity (Wildman–Crippen MR) is 68.3 cm³/mol. The van der Waals surface area contributed by atoms with Crippen molar-refractivity contribution in [1.82, 2.24) is 0 Å². The molecule has 0 radical (unpaired) electrons. The molecule has 1 N–H and O–H groups in total. The van der Waals surface area contributed by atoms with E-state index in [1.165, 1.54) is 0 Å². The van der Waals surface area contributed by atoms with E-state index >= 15 is 0 Å². The molecule has 1 aliphatic rings. The Morgan fingerprint density at radius 1 is 1.11 bits per heavy atom. The largest absolute Gasteiger partial charge is 0.481 e. The molecule has 0 aromatic heterocycles. The number of carboxylic acids is 1. The summed E-state index contributed by atoms with van der Waals surface area (Å²) in [5, 5.41) is 9.34. The molecule has 0 unspecified atom stereocenters. The lowest BCUT2D eigenvalue weighted by atomic mass is 9.77. The molecule has 1 rings (SSSR count). The van der Waals surface area contributed by atoms with Gasteiger partial charge < -0.3 is 24.1 Å². The summed E-state index contributed by atoms with van der Waals surface area (Å²) in [5.74, 6) is -0.740. The van der Waals surface area contributed by atoms with Gasteiger partial charge in [0.15, 0.2) is 0 Å². The van der Waals surface area contributed by atoms with Crippen LogP contribution in [0.2, 0.25) is 0 Å². The van der Waals surface area contributed by atoms with E-state index < -0.39 is 11.4 Å². The lowest BCUT2D eigenvalue weighted by molar-refractivity contribution is -0.156. The highest BCUT2D eigenvalue weighted by Gasteiger charge is 2.39. The summed E-state index contributed by atoms with van der Waals surface area (Å²) in [6.07, 6.45) is 1.66. The zero-order valence-corrected chi connectivity index (χ0v) is 11.6. The molecule has 6 heteroatoms. The molecule has 6 nitrogen and oxygen atoms in total. The van der Waals surface area contributed by atoms with E-state index in [1.807, 2.05) is 0 Å². The topological polar surface area (TPSA) is 74.2 Å². The number of aliphatic carboxylic acids is 1. The fraction of sp³-hybridized carbons (Fsp3) is 0.923. The van der Waals surface area contributed by atoms with Crippen LogP contribution in [-0.2, 0) is 23.7 Å². The summed E-state index contributed by atoms with van der Waals surface area (Å²) in [4.78, 5) is 11.4. The molecule has 0 atom stereocenters. The molecule has 0 amide bonds. The van der Waals surface area contributed by atoms with Gasteiger partial charge in [0.2, 0.25) is 0 Å². The average molecular weight is 276 g/mol. The van der Waals surface area contributed by atoms with Crippen LogP contribution in [0.4, 0.5) is 0 Å². The van der Waals surface area contributed by atoms with Crippen LogP contribution in [0.15, 0.2) is 0 Å². The minimum Gasteiger partial charge on any atom is -0.481 e. The first-order chi connectivity index (χ1) is 9.21. The van der Waals surface area contributed by atoms with Crippen molar-refractivity contribution in [3.05, 3.63) is 0 Å². The number of methoxy groups -OCH3 is 1. The maximum absolute atomic E-state index is 11.4. The number of ether oxygens (including phenoxy) is 4. The summed E-state index contributed by atoms with van der Waals surface area (Å²) >= 11 is 0. The summed E-state index contributed by atoms with van der Waals surface area (Å²) < 4.78 is 20.7. The Labute approximate surface area is 114 Å². The van der Waals surface area contributed by atoms with Gasteiger partial charge in [-0.2, -0.15) is 0 Å². The molecular formula is C13H24O6. The number of rotatable bonds is 10. The Hall–Kier alpha value is -0.690. The molecule has 1 saturated heterocycles. The summed E-state index contributed by atoms with van der Waals surface area (Å²) in [6, 6.07) is 0. The molecule has 1 aliphatic heterocycles. The van der Waals surface area contributed by atoms with Crippen molar-refractivity contribution in [3.8, 4) is 0 Å². The second-order valence-electron chi connectivity index (χ2n) is 4.67. The van der Waals surface area contributed by atoms with Gasteiger partial charge >= 0.3 is 5.97 Å². The second kappa shape index (κ2) is 9.25. The fourth-order valence-corrected chi connectivity index (χ4v) is 2.06. The third-order valence-electron chi connectivity index (χ3n) is 3.43. The summed E-state index contributed by atoms with van der Waals surface area (Å²) in [7, 11) is 1.62. The van der Waals surface area contributed by atoms with Crippen molar-refractivity contribution in [2.45, 2.75) is 19.3 Å². The van der Waals surface area contributed by atoms with Crippen LogP contribution >= 0.6 is 0 Å². The monoisotopic (exact) mass is 276 g/mol. The van der Waals surface area contributed by atoms with E-state index in [9.17, 15) is 9.90 Å². The standard InChI is InChI=1S/C13H24O6/c1-16-8-9-19-11-10-18-7-4-13(12(14)15)2-5-17-6-3-13/h2-11H2,1H3,(H,14,15). The molecule has 0 aromatic rings. The van der Waals surface area contributed by atoms with Crippen molar-refractivity contribution in [1.29, 1.82) is 0 Å². The highest BCUT2D eigenvalue weighted by molar-refractivity contribution is 5.74. The Kier molecular flexibility index (Phi) is 7.97. The molecule has 0 aliphatic carbocycles. The van der Waals surface area contributed by atoms with Crippen molar-refractivity contribution in [3.63, 3.8) is 0 Å². The van der Waals surface area contributed by atoms with Crippen LogP contribution in [0.25, 0.3) is 0 Å². The zero-order chi connectivity index (χ0) is 14.0. The molecule has 0 aromatic carbocycles. The first-order valence-electron chi connectivity index (χ1n) is 6.67. The van der Waals surface area contributed by atoms with Crippen molar-refractivity contribution < 1.29 is 28.8 Å². The number of hydrogen-bond acceptors (Lipinski definition) is 5. The Morgan fingerprint density at radius 3 is 2.26 bits per heavy atom. The fourth-order valence-electron chi connectivity index (χ4n) is 2.06. The van der Waals surface area contributed by atoms with Gasteiger partial charge in [-0.25, -0.2) is 0 Å². The molecular weight excluding hydrogens is 252 g/mol. The van der Waals surface area contributed by atoms with E-state index in [4.69, 9.17) is 18.9 Å². The van der Waals surface area contributed by atoms with Gasteiger partial charge in [0.25, 0.3) is 0 Å². The smallest absolute Gasteiger partial charge is 0.309 e. The van der Waals surface area contributed by atoms with Crippen LogP contribution in [0.5, 0.6) is 0 Å². The number of carbonyl (C=O) groups is 1. The average Bonchev–Trinajstić information content (AvgIpc) is 2.42. The van der Waals surface area contributed by atoms with E-state index in [0.717, 1.165) is 0 Å². The molecule has 1 heterocycles. The lowest BCUT2D eigenvalue weighted by Gasteiger charge is -2.32. The lowest BCUT2D eigenvalue weighted by Crippen LogP contribution is -2.38. The molecule has 0 spiro atoms. The SMILES string of the molecule is COCCOCCOCCC1(C(=O)O)CCOCC1. The Bertz CT molecular complexity index is 250. The van der Waals surface area contributed by atoms with Gasteiger partial charge in [-0.15, -0.1) is 0 Å². The third-order valence-corrected chi connectivity index (χ3v) is 3.43. The molecule has 0 bridgehead atoms. The van der Waals surface area contributed by atoms with Crippen molar-refractivity contribution in [2.75, 3.05) is 53.4 Å². The predicted octanol–water partition coefficient (Wildman–Crippen LogP) is 0.937. The minimum absolute atomic E-state index is 0.444. The maximum atomic E-state index is 11.4. The van der Waals surface area contributed by atoms with Crippen LogP contribution < -0.4 is 0 Å². The molecule has 0 saturated carbocycles. The van der Waals surface area contributed by atoms with Crippen LogP contribution in [0.1, 0.15) is 19.3 Å². The van der Waals surface area contributed by atoms with Gasteiger partial charge in [-0.1, -0.05) is 0 Å². The maximum Gasteiger partial charge on any atom is 0.309 e. The van der Waals surface area contributed by atoms with Crippen LogP contribution in [-0.4, -0.2) is 64.4 Å². The van der Waals surface area contributed by atoms with E-state index in [0.29, 0.717) is 65.5 Å². The molecule has 19 heavy (non-hydrogen) atoms. The molecule has 1 fully saturated rings. The van der Waals surface area contributed by atoms with Gasteiger partial charge in [-0.05, 0) is 19.3 Å². The third kappa shape index (κ3) is 5.86. The first kappa shape index (κ1) is 16.4. The van der Waals surface area contributed by atoms with Crippen LogP contribution in [0.3, 0.4) is 0 Å². The number of hydrogen-bond donors (Lipinski definition) is 1. The summed E-state index contributed by atoms with van der Waals surface area (Å²) in [6.45, 7) is 3.60. The Morgan fingerprint density at radius 2 is 1.68 bits per heavy atom. The van der Waals surface area contributed by atoms with E-state index in [1.54, 1.807) is 7.11 Å². The zero-order valence-electron chi connectivity index (χ0n) is 11.6. The van der Waals surface area contributed by atoms with E-state index in [-0.39, 0.29) is 0 Å². The van der Waals surface area contributed by atoms with E-state index in [2.05, 4.69) is 0 Å². The quantitative estimate of drug-likeness (QED) is 0.599. The Balaban J connectivity index is 2.10. The normalized spacial score (nSPS) is 18.4. The second-order valence-corrected chi connectivity index (χ2v) is 4.67. The highest BCUT2D eigenvalue weighted by Crippen LogP contribution is 2.34. The summed E-state index contributed by atoms with van der Waals surface area (Å²) in [5.41, 5.74) is -0.671. The van der Waals surface area contributed by atoms with Gasteiger partial charge in [0.1, 0.15) is 0 Å². The first-order valence-corrected chi connectivity index (χ1v) is 6.67. The van der Waals surface area contributed by atoms with Crippen molar-refractivity contribution >= 4 is 5.97 Å². The minimum atomic E-state index is -0.740. The van der Waals surface area contributed by atoms with Crippen molar-refractivity contribution in [2.24, 2.45) is 5.41 Å². The highest BCUT2D eigenvalue weighted by atomic mass is 16.5. The number of carboxylic acid groups (broad SMARTS) is 1.